The Morgan fingerprint density at radius 3 is 2.50 bits per heavy atom. The molecule has 3 nitrogen and oxygen atoms in total. The number of rotatable bonds is 3. The van der Waals surface area contributed by atoms with Crippen LogP contribution in [0.1, 0.15) is 22.9 Å². The van der Waals surface area contributed by atoms with Crippen molar-refractivity contribution in [3.63, 3.8) is 0 Å². The second kappa shape index (κ2) is 4.49. The second-order valence-corrected chi connectivity index (χ2v) is 4.20. The summed E-state index contributed by atoms with van der Waals surface area (Å²) in [5.74, 6) is 0. The van der Waals surface area contributed by atoms with Crippen LogP contribution in [-0.2, 0) is 13.5 Å². The molecular weight excluding hydrogens is 198 g/mol. The van der Waals surface area contributed by atoms with Crippen LogP contribution in [0.5, 0.6) is 0 Å². The molecule has 0 spiro atoms. The van der Waals surface area contributed by atoms with Gasteiger partial charge in [-0.25, -0.2) is 0 Å². The van der Waals surface area contributed by atoms with E-state index in [2.05, 4.69) is 36.3 Å². The lowest BCUT2D eigenvalue weighted by Crippen LogP contribution is -2.13. The van der Waals surface area contributed by atoms with E-state index in [1.807, 2.05) is 19.3 Å². The first-order valence-electron chi connectivity index (χ1n) is 5.46. The molecule has 0 bridgehead atoms. The van der Waals surface area contributed by atoms with E-state index in [0.29, 0.717) is 0 Å². The summed E-state index contributed by atoms with van der Waals surface area (Å²) in [5.41, 5.74) is 9.60. The Balaban J connectivity index is 2.08. The summed E-state index contributed by atoms with van der Waals surface area (Å²) < 4.78 is 1.80. The minimum Gasteiger partial charge on any atom is -0.324 e. The van der Waals surface area contributed by atoms with Crippen molar-refractivity contribution in [3.05, 3.63) is 53.3 Å². The summed E-state index contributed by atoms with van der Waals surface area (Å²) in [5, 5.41) is 4.33. The lowest BCUT2D eigenvalue weighted by atomic mass is 10.0. The molecule has 1 heterocycles. The van der Waals surface area contributed by atoms with Crippen LogP contribution >= 0.6 is 0 Å². The van der Waals surface area contributed by atoms with Crippen molar-refractivity contribution in [2.24, 2.45) is 12.8 Å². The van der Waals surface area contributed by atoms with E-state index in [9.17, 15) is 0 Å². The molecule has 3 heteroatoms. The maximum Gasteiger partial charge on any atom is 0.0643 e. The second-order valence-electron chi connectivity index (χ2n) is 4.20. The van der Waals surface area contributed by atoms with E-state index < -0.39 is 0 Å². The molecule has 0 fully saturated rings. The summed E-state index contributed by atoms with van der Waals surface area (Å²) in [6.07, 6.45) is 2.72. The number of aryl methyl sites for hydroxylation is 2. The minimum atomic E-state index is 0.0236. The van der Waals surface area contributed by atoms with Gasteiger partial charge in [0.05, 0.1) is 5.69 Å². The maximum atomic E-state index is 6.14. The van der Waals surface area contributed by atoms with Crippen LogP contribution in [0.25, 0.3) is 0 Å². The van der Waals surface area contributed by atoms with Crippen LogP contribution < -0.4 is 5.73 Å². The molecule has 16 heavy (non-hydrogen) atoms. The average molecular weight is 215 g/mol. The molecule has 1 unspecified atom stereocenters. The van der Waals surface area contributed by atoms with Gasteiger partial charge in [0, 0.05) is 25.7 Å². The van der Waals surface area contributed by atoms with Crippen molar-refractivity contribution in [1.82, 2.24) is 9.78 Å². The molecule has 0 saturated carbocycles. The summed E-state index contributed by atoms with van der Waals surface area (Å²) in [6.45, 7) is 2.08. The Labute approximate surface area is 95.9 Å². The molecule has 0 aliphatic carbocycles. The van der Waals surface area contributed by atoms with Crippen molar-refractivity contribution in [1.29, 1.82) is 0 Å². The van der Waals surface area contributed by atoms with Crippen molar-refractivity contribution >= 4 is 0 Å². The Kier molecular flexibility index (Phi) is 3.06. The SMILES string of the molecule is Cc1ccc(C(N)Cc2ccn(C)n2)cc1. The molecule has 0 amide bonds. The highest BCUT2D eigenvalue weighted by Gasteiger charge is 2.08. The third-order valence-corrected chi connectivity index (χ3v) is 2.70. The molecule has 1 atom stereocenters. The van der Waals surface area contributed by atoms with Gasteiger partial charge in [-0.1, -0.05) is 29.8 Å². The van der Waals surface area contributed by atoms with Gasteiger partial charge >= 0.3 is 0 Å². The lowest BCUT2D eigenvalue weighted by molar-refractivity contribution is 0.675. The Bertz CT molecular complexity index is 456. The Morgan fingerprint density at radius 1 is 1.25 bits per heavy atom. The van der Waals surface area contributed by atoms with Gasteiger partial charge < -0.3 is 5.73 Å². The number of nitrogens with two attached hydrogens (primary N) is 1. The van der Waals surface area contributed by atoms with E-state index in [-0.39, 0.29) is 6.04 Å². The summed E-state index contributed by atoms with van der Waals surface area (Å²) in [7, 11) is 1.92. The van der Waals surface area contributed by atoms with Crippen molar-refractivity contribution < 1.29 is 0 Å². The first kappa shape index (κ1) is 10.9. The van der Waals surface area contributed by atoms with Gasteiger partial charge in [-0.05, 0) is 18.6 Å². The molecular formula is C13H17N3. The molecule has 2 rings (SSSR count). The molecule has 0 saturated heterocycles. The van der Waals surface area contributed by atoms with E-state index in [4.69, 9.17) is 5.73 Å². The summed E-state index contributed by atoms with van der Waals surface area (Å²) in [4.78, 5) is 0. The zero-order valence-corrected chi connectivity index (χ0v) is 9.72. The van der Waals surface area contributed by atoms with Crippen LogP contribution in [0.4, 0.5) is 0 Å². The van der Waals surface area contributed by atoms with Crippen LogP contribution in [0.2, 0.25) is 0 Å². The van der Waals surface area contributed by atoms with Gasteiger partial charge in [0.2, 0.25) is 0 Å². The van der Waals surface area contributed by atoms with Crippen LogP contribution in [0, 0.1) is 6.92 Å². The number of benzene rings is 1. The van der Waals surface area contributed by atoms with Gasteiger partial charge in [-0.15, -0.1) is 0 Å². The maximum absolute atomic E-state index is 6.14. The molecule has 84 valence electrons. The smallest absolute Gasteiger partial charge is 0.0643 e. The van der Waals surface area contributed by atoms with E-state index in [0.717, 1.165) is 17.7 Å². The van der Waals surface area contributed by atoms with Crippen LogP contribution in [0.3, 0.4) is 0 Å². The monoisotopic (exact) mass is 215 g/mol. The number of nitrogens with zero attached hydrogens (tertiary/aromatic N) is 2. The molecule has 2 aromatic rings. The lowest BCUT2D eigenvalue weighted by Gasteiger charge is -2.10. The zero-order valence-electron chi connectivity index (χ0n) is 9.72. The van der Waals surface area contributed by atoms with Gasteiger partial charge in [0.1, 0.15) is 0 Å². The predicted octanol–water partition coefficient (Wildman–Crippen LogP) is 1.97. The molecule has 2 N–H and O–H groups in total. The summed E-state index contributed by atoms with van der Waals surface area (Å²) >= 11 is 0. The molecule has 0 aliphatic heterocycles. The third kappa shape index (κ3) is 2.49. The topological polar surface area (TPSA) is 43.8 Å². The predicted molar refractivity (Wildman–Crippen MR) is 65.0 cm³/mol. The standard InChI is InChI=1S/C13H17N3/c1-10-3-5-11(6-4-10)13(14)9-12-7-8-16(2)15-12/h3-8,13H,9,14H2,1-2H3. The number of aromatic nitrogens is 2. The quantitative estimate of drug-likeness (QED) is 0.850. The molecule has 0 radical (unpaired) electrons. The van der Waals surface area contributed by atoms with Gasteiger partial charge in [-0.2, -0.15) is 5.10 Å². The fraction of sp³-hybridized carbons (Fsp3) is 0.308. The minimum absolute atomic E-state index is 0.0236. The molecule has 1 aromatic heterocycles. The third-order valence-electron chi connectivity index (χ3n) is 2.70. The first-order valence-corrected chi connectivity index (χ1v) is 5.46. The largest absolute Gasteiger partial charge is 0.324 e. The fourth-order valence-electron chi connectivity index (χ4n) is 1.73. The number of hydrogen-bond acceptors (Lipinski definition) is 2. The van der Waals surface area contributed by atoms with E-state index >= 15 is 0 Å². The van der Waals surface area contributed by atoms with Crippen LogP contribution in [-0.4, -0.2) is 9.78 Å². The highest BCUT2D eigenvalue weighted by atomic mass is 15.2. The number of hydrogen-bond donors (Lipinski definition) is 1. The normalized spacial score (nSPS) is 12.7. The molecule has 0 aliphatic rings. The molecule has 1 aromatic carbocycles. The highest BCUT2D eigenvalue weighted by molar-refractivity contribution is 5.24. The Morgan fingerprint density at radius 2 is 1.94 bits per heavy atom. The highest BCUT2D eigenvalue weighted by Crippen LogP contribution is 2.15. The van der Waals surface area contributed by atoms with Crippen molar-refractivity contribution in [2.75, 3.05) is 0 Å². The zero-order chi connectivity index (χ0) is 11.5. The van der Waals surface area contributed by atoms with Gasteiger partial charge in [0.15, 0.2) is 0 Å². The van der Waals surface area contributed by atoms with Gasteiger partial charge in [0.25, 0.3) is 0 Å². The van der Waals surface area contributed by atoms with E-state index in [1.165, 1.54) is 5.56 Å². The first-order chi connectivity index (χ1) is 7.65. The van der Waals surface area contributed by atoms with Crippen molar-refractivity contribution in [3.8, 4) is 0 Å². The van der Waals surface area contributed by atoms with E-state index in [1.54, 1.807) is 4.68 Å². The average Bonchev–Trinajstić information content (AvgIpc) is 2.65. The van der Waals surface area contributed by atoms with Crippen LogP contribution in [0.15, 0.2) is 36.5 Å². The fourth-order valence-corrected chi connectivity index (χ4v) is 1.73. The summed E-state index contributed by atoms with van der Waals surface area (Å²) in [6, 6.07) is 10.4. The van der Waals surface area contributed by atoms with Gasteiger partial charge in [-0.3, -0.25) is 4.68 Å². The Hall–Kier alpha value is -1.61. The van der Waals surface area contributed by atoms with Crippen molar-refractivity contribution in [2.45, 2.75) is 19.4 Å².